The standard InChI is InChI=1S/C15H21BrN2O3/c1-11(10-19)5-4-8-17-14(20)9-18-15(21)12-6-2-3-7-13(12)16/h2-3,6-7,11,19H,4-5,8-10H2,1H3,(H,17,20)(H,18,21). The molecule has 0 fully saturated rings. The van der Waals surface area contributed by atoms with Gasteiger partial charge < -0.3 is 15.7 Å². The Morgan fingerprint density at radius 3 is 2.67 bits per heavy atom. The first-order valence-corrected chi connectivity index (χ1v) is 7.74. The van der Waals surface area contributed by atoms with Crippen molar-refractivity contribution in [3.8, 4) is 0 Å². The molecule has 0 heterocycles. The summed E-state index contributed by atoms with van der Waals surface area (Å²) in [5.74, 6) is -0.254. The Hall–Kier alpha value is -1.40. The molecule has 0 aliphatic rings. The van der Waals surface area contributed by atoms with Crippen molar-refractivity contribution in [1.82, 2.24) is 10.6 Å². The lowest BCUT2D eigenvalue weighted by Crippen LogP contribution is -2.37. The second-order valence-corrected chi connectivity index (χ2v) is 5.80. The van der Waals surface area contributed by atoms with Crippen molar-refractivity contribution in [3.63, 3.8) is 0 Å². The summed E-state index contributed by atoms with van der Waals surface area (Å²) in [6.07, 6.45) is 1.67. The number of benzene rings is 1. The molecule has 1 atom stereocenters. The van der Waals surface area contributed by atoms with Crippen LogP contribution in [-0.4, -0.2) is 36.6 Å². The number of amides is 2. The summed E-state index contributed by atoms with van der Waals surface area (Å²) in [5.41, 5.74) is 0.502. The van der Waals surface area contributed by atoms with Crippen LogP contribution in [0.5, 0.6) is 0 Å². The second-order valence-electron chi connectivity index (χ2n) is 4.94. The number of nitrogens with one attached hydrogen (secondary N) is 2. The number of hydrogen-bond donors (Lipinski definition) is 3. The first-order chi connectivity index (χ1) is 10.0. The van der Waals surface area contributed by atoms with Crippen LogP contribution in [0, 0.1) is 5.92 Å². The zero-order chi connectivity index (χ0) is 15.7. The first kappa shape index (κ1) is 17.7. The van der Waals surface area contributed by atoms with E-state index in [0.717, 1.165) is 12.8 Å². The number of aliphatic hydroxyl groups is 1. The van der Waals surface area contributed by atoms with Crippen LogP contribution in [0.15, 0.2) is 28.7 Å². The largest absolute Gasteiger partial charge is 0.396 e. The van der Waals surface area contributed by atoms with Crippen LogP contribution in [0.2, 0.25) is 0 Å². The van der Waals surface area contributed by atoms with Crippen LogP contribution in [0.25, 0.3) is 0 Å². The number of carbonyl (C=O) groups excluding carboxylic acids is 2. The molecule has 116 valence electrons. The van der Waals surface area contributed by atoms with Gasteiger partial charge in [-0.15, -0.1) is 0 Å². The quantitative estimate of drug-likeness (QED) is 0.620. The summed E-state index contributed by atoms with van der Waals surface area (Å²) in [6, 6.07) is 7.05. The molecule has 0 aromatic heterocycles. The highest BCUT2D eigenvalue weighted by Crippen LogP contribution is 2.15. The molecule has 1 aromatic carbocycles. The molecular weight excluding hydrogens is 336 g/mol. The molecule has 0 bridgehead atoms. The van der Waals surface area contributed by atoms with Crippen LogP contribution in [0.4, 0.5) is 0 Å². The van der Waals surface area contributed by atoms with Crippen molar-refractivity contribution < 1.29 is 14.7 Å². The third-order valence-electron chi connectivity index (χ3n) is 3.04. The van der Waals surface area contributed by atoms with E-state index in [4.69, 9.17) is 5.11 Å². The Bertz CT molecular complexity index is 480. The second kappa shape index (κ2) is 9.52. The maximum absolute atomic E-state index is 11.9. The number of halogens is 1. The molecule has 0 radical (unpaired) electrons. The fourth-order valence-electron chi connectivity index (χ4n) is 1.73. The van der Waals surface area contributed by atoms with E-state index in [1.165, 1.54) is 0 Å². The van der Waals surface area contributed by atoms with E-state index in [-0.39, 0.29) is 30.9 Å². The zero-order valence-corrected chi connectivity index (χ0v) is 13.6. The molecular formula is C15H21BrN2O3. The highest BCUT2D eigenvalue weighted by molar-refractivity contribution is 9.10. The first-order valence-electron chi connectivity index (χ1n) is 6.95. The van der Waals surface area contributed by atoms with Crippen LogP contribution < -0.4 is 10.6 Å². The number of aliphatic hydroxyl groups excluding tert-OH is 1. The minimum Gasteiger partial charge on any atom is -0.396 e. The normalized spacial score (nSPS) is 11.8. The van der Waals surface area contributed by atoms with Gasteiger partial charge in [-0.25, -0.2) is 0 Å². The van der Waals surface area contributed by atoms with Crippen molar-refractivity contribution in [3.05, 3.63) is 34.3 Å². The molecule has 2 amide bonds. The monoisotopic (exact) mass is 356 g/mol. The minimum absolute atomic E-state index is 0.0459. The molecule has 0 saturated heterocycles. The van der Waals surface area contributed by atoms with Crippen LogP contribution in [0.3, 0.4) is 0 Å². The van der Waals surface area contributed by atoms with E-state index in [0.29, 0.717) is 16.6 Å². The van der Waals surface area contributed by atoms with Crippen LogP contribution in [-0.2, 0) is 4.79 Å². The van der Waals surface area contributed by atoms with Crippen molar-refractivity contribution in [2.75, 3.05) is 19.7 Å². The SMILES string of the molecule is CC(CO)CCCNC(=O)CNC(=O)c1ccccc1Br. The predicted molar refractivity (Wildman–Crippen MR) is 85.0 cm³/mol. The summed E-state index contributed by atoms with van der Waals surface area (Å²) in [5, 5.41) is 14.2. The highest BCUT2D eigenvalue weighted by Gasteiger charge is 2.10. The molecule has 1 unspecified atom stereocenters. The molecule has 1 rings (SSSR count). The van der Waals surface area contributed by atoms with Crippen molar-refractivity contribution in [1.29, 1.82) is 0 Å². The summed E-state index contributed by atoms with van der Waals surface area (Å²) in [6.45, 7) is 2.62. The summed E-state index contributed by atoms with van der Waals surface area (Å²) in [7, 11) is 0. The van der Waals surface area contributed by atoms with Crippen molar-refractivity contribution >= 4 is 27.7 Å². The lowest BCUT2D eigenvalue weighted by atomic mass is 10.1. The molecule has 0 saturated carbocycles. The van der Waals surface area contributed by atoms with Gasteiger partial charge in [0.05, 0.1) is 12.1 Å². The fourth-order valence-corrected chi connectivity index (χ4v) is 2.20. The Labute approximate surface area is 133 Å². The van der Waals surface area contributed by atoms with E-state index in [2.05, 4.69) is 26.6 Å². The summed E-state index contributed by atoms with van der Waals surface area (Å²) < 4.78 is 0.695. The third-order valence-corrected chi connectivity index (χ3v) is 3.73. The Balaban J connectivity index is 2.24. The molecule has 21 heavy (non-hydrogen) atoms. The predicted octanol–water partition coefficient (Wildman–Crippen LogP) is 1.70. The van der Waals surface area contributed by atoms with E-state index in [1.54, 1.807) is 18.2 Å². The lowest BCUT2D eigenvalue weighted by molar-refractivity contribution is -0.120. The number of carbonyl (C=O) groups is 2. The maximum Gasteiger partial charge on any atom is 0.252 e. The van der Waals surface area contributed by atoms with E-state index >= 15 is 0 Å². The molecule has 6 heteroatoms. The van der Waals surface area contributed by atoms with Gasteiger partial charge in [0.2, 0.25) is 5.91 Å². The molecule has 0 spiro atoms. The lowest BCUT2D eigenvalue weighted by Gasteiger charge is -2.09. The van der Waals surface area contributed by atoms with Crippen LogP contribution >= 0.6 is 15.9 Å². The summed E-state index contributed by atoms with van der Waals surface area (Å²) in [4.78, 5) is 23.5. The highest BCUT2D eigenvalue weighted by atomic mass is 79.9. The smallest absolute Gasteiger partial charge is 0.252 e. The topological polar surface area (TPSA) is 78.4 Å². The zero-order valence-electron chi connectivity index (χ0n) is 12.1. The van der Waals surface area contributed by atoms with Gasteiger partial charge in [-0.2, -0.15) is 0 Å². The Morgan fingerprint density at radius 1 is 1.29 bits per heavy atom. The van der Waals surface area contributed by atoms with Gasteiger partial charge in [-0.05, 0) is 46.8 Å². The van der Waals surface area contributed by atoms with Gasteiger partial charge >= 0.3 is 0 Å². The number of hydrogen-bond acceptors (Lipinski definition) is 3. The van der Waals surface area contributed by atoms with E-state index in [9.17, 15) is 9.59 Å². The average Bonchev–Trinajstić information content (AvgIpc) is 2.49. The van der Waals surface area contributed by atoms with Gasteiger partial charge in [-0.3, -0.25) is 9.59 Å². The average molecular weight is 357 g/mol. The summed E-state index contributed by atoms with van der Waals surface area (Å²) >= 11 is 3.29. The van der Waals surface area contributed by atoms with Crippen LogP contribution in [0.1, 0.15) is 30.1 Å². The van der Waals surface area contributed by atoms with Gasteiger partial charge in [0, 0.05) is 17.6 Å². The maximum atomic E-state index is 11.9. The van der Waals surface area contributed by atoms with Gasteiger partial charge in [0.1, 0.15) is 0 Å². The Kier molecular flexibility index (Phi) is 8.00. The van der Waals surface area contributed by atoms with Crippen molar-refractivity contribution in [2.45, 2.75) is 19.8 Å². The number of rotatable bonds is 8. The van der Waals surface area contributed by atoms with Gasteiger partial charge in [-0.1, -0.05) is 19.1 Å². The molecule has 0 aliphatic heterocycles. The molecule has 0 aliphatic carbocycles. The Morgan fingerprint density at radius 2 is 2.00 bits per heavy atom. The molecule has 1 aromatic rings. The van der Waals surface area contributed by atoms with Gasteiger partial charge in [0.15, 0.2) is 0 Å². The third kappa shape index (κ3) is 6.73. The van der Waals surface area contributed by atoms with Crippen molar-refractivity contribution in [2.24, 2.45) is 5.92 Å². The van der Waals surface area contributed by atoms with E-state index < -0.39 is 0 Å². The fraction of sp³-hybridized carbons (Fsp3) is 0.467. The van der Waals surface area contributed by atoms with E-state index in [1.807, 2.05) is 13.0 Å². The molecule has 3 N–H and O–H groups in total. The van der Waals surface area contributed by atoms with Gasteiger partial charge in [0.25, 0.3) is 5.91 Å². The molecule has 5 nitrogen and oxygen atoms in total. The minimum atomic E-state index is -0.286.